The maximum Gasteiger partial charge on any atom is 0.219 e. The fraction of sp³-hybridized carbons (Fsp3) is 0.296. The predicted molar refractivity (Wildman–Crippen MR) is 122 cm³/mol. The molecular formula is C27H28N2O2. The van der Waals surface area contributed by atoms with Gasteiger partial charge in [-0.1, -0.05) is 48.5 Å². The first-order valence-electron chi connectivity index (χ1n) is 10.7. The number of ketones is 1. The van der Waals surface area contributed by atoms with Crippen LogP contribution in [0.1, 0.15) is 53.3 Å². The van der Waals surface area contributed by atoms with Crippen molar-refractivity contribution < 1.29 is 9.59 Å². The molecule has 4 heteroatoms. The van der Waals surface area contributed by atoms with Crippen LogP contribution in [0.25, 0.3) is 0 Å². The summed E-state index contributed by atoms with van der Waals surface area (Å²) in [6.07, 6.45) is 1.78. The number of hydrogen-bond acceptors (Lipinski definition) is 3. The van der Waals surface area contributed by atoms with Crippen LogP contribution in [0.4, 0.5) is 0 Å². The number of aromatic nitrogens is 1. The average molecular weight is 413 g/mol. The van der Waals surface area contributed by atoms with E-state index in [1.54, 1.807) is 20.0 Å². The smallest absolute Gasteiger partial charge is 0.219 e. The van der Waals surface area contributed by atoms with Crippen molar-refractivity contribution in [1.29, 1.82) is 0 Å². The van der Waals surface area contributed by atoms with Crippen LogP contribution in [0.15, 0.2) is 66.9 Å². The molecule has 0 unspecified atom stereocenters. The number of aryl methyl sites for hydroxylation is 2. The summed E-state index contributed by atoms with van der Waals surface area (Å²) in [5.74, 6) is 0.550. The summed E-state index contributed by atoms with van der Waals surface area (Å²) in [6, 6.07) is 20.4. The first-order valence-corrected chi connectivity index (χ1v) is 10.7. The fourth-order valence-corrected chi connectivity index (χ4v) is 4.80. The highest BCUT2D eigenvalue weighted by Crippen LogP contribution is 2.42. The third kappa shape index (κ3) is 3.56. The van der Waals surface area contributed by atoms with Crippen LogP contribution in [-0.4, -0.2) is 34.7 Å². The Morgan fingerprint density at radius 3 is 2.19 bits per heavy atom. The van der Waals surface area contributed by atoms with Crippen molar-refractivity contribution in [2.45, 2.75) is 39.0 Å². The van der Waals surface area contributed by atoms with Gasteiger partial charge in [0.05, 0.1) is 0 Å². The van der Waals surface area contributed by atoms with Gasteiger partial charge in [0.15, 0.2) is 0 Å². The Morgan fingerprint density at radius 1 is 0.935 bits per heavy atom. The Morgan fingerprint density at radius 2 is 1.61 bits per heavy atom. The lowest BCUT2D eigenvalue weighted by Gasteiger charge is -2.39. The van der Waals surface area contributed by atoms with Crippen molar-refractivity contribution in [3.63, 3.8) is 0 Å². The standard InChI is InChI=1S/C27H28N2O2/c1-18-7-5-6-8-26(18)27(20(3)30,25-13-14-28-19(2)15-25)24-11-9-22(10-12-24)23-16-29(17-23)21(4)31/h5-15,23H,16-17H2,1-4H3/t27-/m0/s1. The fourth-order valence-electron chi connectivity index (χ4n) is 4.80. The van der Waals surface area contributed by atoms with Crippen LogP contribution in [0.2, 0.25) is 0 Å². The van der Waals surface area contributed by atoms with Crippen molar-refractivity contribution in [3.05, 3.63) is 100 Å². The molecule has 1 amide bonds. The maximum absolute atomic E-state index is 13.5. The molecule has 0 saturated carbocycles. The minimum absolute atomic E-state index is 0.0755. The zero-order valence-electron chi connectivity index (χ0n) is 18.6. The largest absolute Gasteiger partial charge is 0.342 e. The SMILES string of the molecule is CC(=O)N1CC(c2ccc([C@@](C(C)=O)(c3ccnc(C)c3)c3ccccc3C)cc2)C1. The van der Waals surface area contributed by atoms with Crippen LogP contribution < -0.4 is 0 Å². The second kappa shape index (κ2) is 8.10. The van der Waals surface area contributed by atoms with Gasteiger partial charge >= 0.3 is 0 Å². The monoisotopic (exact) mass is 412 g/mol. The molecule has 31 heavy (non-hydrogen) atoms. The van der Waals surface area contributed by atoms with E-state index in [0.29, 0.717) is 5.92 Å². The second-order valence-electron chi connectivity index (χ2n) is 8.55. The van der Waals surface area contributed by atoms with Crippen LogP contribution in [0.3, 0.4) is 0 Å². The number of pyridine rings is 1. The summed E-state index contributed by atoms with van der Waals surface area (Å²) in [6.45, 7) is 8.81. The molecule has 2 aromatic carbocycles. The minimum atomic E-state index is -0.900. The molecule has 4 rings (SSSR count). The lowest BCUT2D eigenvalue weighted by atomic mass is 9.65. The van der Waals surface area contributed by atoms with Crippen LogP contribution in [-0.2, 0) is 15.0 Å². The van der Waals surface area contributed by atoms with Gasteiger partial charge in [-0.2, -0.15) is 0 Å². The lowest BCUT2D eigenvalue weighted by Crippen LogP contribution is -2.47. The number of carbonyl (C=O) groups is 2. The summed E-state index contributed by atoms with van der Waals surface area (Å²) in [5.41, 5.74) is 5.14. The molecule has 3 aromatic rings. The molecule has 1 atom stereocenters. The third-order valence-corrected chi connectivity index (χ3v) is 6.55. The number of benzene rings is 2. The number of likely N-dealkylation sites (tertiary alicyclic amines) is 1. The number of amides is 1. The molecule has 2 heterocycles. The zero-order valence-corrected chi connectivity index (χ0v) is 18.6. The first-order chi connectivity index (χ1) is 14.8. The van der Waals surface area contributed by atoms with E-state index >= 15 is 0 Å². The molecule has 0 aliphatic carbocycles. The molecule has 158 valence electrons. The number of rotatable bonds is 5. The van der Waals surface area contributed by atoms with Crippen molar-refractivity contribution in [2.75, 3.05) is 13.1 Å². The van der Waals surface area contributed by atoms with Gasteiger partial charge in [0.1, 0.15) is 11.2 Å². The van der Waals surface area contributed by atoms with Gasteiger partial charge in [-0.3, -0.25) is 14.6 Å². The van der Waals surface area contributed by atoms with Crippen LogP contribution >= 0.6 is 0 Å². The summed E-state index contributed by atoms with van der Waals surface area (Å²) in [7, 11) is 0. The number of hydrogen-bond donors (Lipinski definition) is 0. The van der Waals surface area contributed by atoms with E-state index in [0.717, 1.165) is 41.0 Å². The highest BCUT2D eigenvalue weighted by Gasteiger charge is 2.42. The number of Topliss-reactive ketones (excluding diaryl/α,β-unsaturated/α-hetero) is 1. The van der Waals surface area contributed by atoms with Crippen molar-refractivity contribution in [2.24, 2.45) is 0 Å². The second-order valence-corrected chi connectivity index (χ2v) is 8.55. The molecule has 1 aliphatic heterocycles. The Kier molecular flexibility index (Phi) is 5.48. The maximum atomic E-state index is 13.5. The van der Waals surface area contributed by atoms with Gasteiger partial charge < -0.3 is 4.90 Å². The van der Waals surface area contributed by atoms with Gasteiger partial charge in [-0.25, -0.2) is 0 Å². The van der Waals surface area contributed by atoms with Gasteiger partial charge in [0, 0.05) is 37.8 Å². The number of nitrogens with zero attached hydrogens (tertiary/aromatic N) is 2. The topological polar surface area (TPSA) is 50.3 Å². The lowest BCUT2D eigenvalue weighted by molar-refractivity contribution is -0.133. The molecule has 0 radical (unpaired) electrons. The van der Waals surface area contributed by atoms with E-state index < -0.39 is 5.41 Å². The van der Waals surface area contributed by atoms with E-state index in [4.69, 9.17) is 0 Å². The van der Waals surface area contributed by atoms with Crippen molar-refractivity contribution in [3.8, 4) is 0 Å². The highest BCUT2D eigenvalue weighted by molar-refractivity contribution is 5.96. The molecular weight excluding hydrogens is 384 g/mol. The highest BCUT2D eigenvalue weighted by atomic mass is 16.2. The van der Waals surface area contributed by atoms with E-state index in [-0.39, 0.29) is 11.7 Å². The van der Waals surface area contributed by atoms with E-state index in [9.17, 15) is 9.59 Å². The summed E-state index contributed by atoms with van der Waals surface area (Å²) >= 11 is 0. The Labute approximate surface area is 183 Å². The molecule has 1 saturated heterocycles. The van der Waals surface area contributed by atoms with Crippen LogP contribution in [0.5, 0.6) is 0 Å². The molecule has 4 nitrogen and oxygen atoms in total. The molecule has 0 bridgehead atoms. The number of carbonyl (C=O) groups excluding carboxylic acids is 2. The first kappa shape index (κ1) is 21.0. The molecule has 0 N–H and O–H groups in total. The molecule has 1 aromatic heterocycles. The van der Waals surface area contributed by atoms with E-state index in [1.807, 2.05) is 36.1 Å². The summed E-state index contributed by atoms with van der Waals surface area (Å²) in [5, 5.41) is 0. The van der Waals surface area contributed by atoms with Gasteiger partial charge in [0.25, 0.3) is 0 Å². The quantitative estimate of drug-likeness (QED) is 0.617. The molecule has 1 fully saturated rings. The Bertz CT molecular complexity index is 1130. The van der Waals surface area contributed by atoms with E-state index in [2.05, 4.69) is 48.3 Å². The van der Waals surface area contributed by atoms with Crippen molar-refractivity contribution in [1.82, 2.24) is 9.88 Å². The van der Waals surface area contributed by atoms with Gasteiger partial charge in [-0.15, -0.1) is 0 Å². The predicted octanol–water partition coefficient (Wildman–Crippen LogP) is 4.57. The Balaban J connectivity index is 1.85. The average Bonchev–Trinajstić information content (AvgIpc) is 2.69. The van der Waals surface area contributed by atoms with Gasteiger partial charge in [0.2, 0.25) is 5.91 Å². The van der Waals surface area contributed by atoms with E-state index in [1.165, 1.54) is 5.56 Å². The van der Waals surface area contributed by atoms with Crippen molar-refractivity contribution >= 4 is 11.7 Å². The summed E-state index contributed by atoms with van der Waals surface area (Å²) in [4.78, 5) is 31.2. The molecule has 0 spiro atoms. The summed E-state index contributed by atoms with van der Waals surface area (Å²) < 4.78 is 0. The Hall–Kier alpha value is -3.27. The normalized spacial score (nSPS) is 15.8. The zero-order chi connectivity index (χ0) is 22.2. The minimum Gasteiger partial charge on any atom is -0.342 e. The van der Waals surface area contributed by atoms with Gasteiger partial charge in [-0.05, 0) is 60.7 Å². The van der Waals surface area contributed by atoms with Crippen LogP contribution in [0, 0.1) is 13.8 Å². The third-order valence-electron chi connectivity index (χ3n) is 6.55. The molecule has 1 aliphatic rings.